The minimum atomic E-state index is -0.0518. The average molecular weight is 356 g/mol. The molecule has 1 heterocycles. The fourth-order valence-corrected chi connectivity index (χ4v) is 4.48. The highest BCUT2D eigenvalue weighted by Gasteiger charge is 2.31. The topological polar surface area (TPSA) is 43.8 Å². The molecule has 1 aromatic rings. The minimum absolute atomic E-state index is 0.0518. The second-order valence-electron chi connectivity index (χ2n) is 6.81. The number of aryl methyl sites for hydroxylation is 2. The van der Waals surface area contributed by atoms with E-state index in [1.54, 1.807) is 0 Å². The third-order valence-corrected chi connectivity index (χ3v) is 5.97. The molecule has 1 saturated carbocycles. The van der Waals surface area contributed by atoms with E-state index >= 15 is 0 Å². The SMILES string of the molecule is CCCC1CCCC(N)(Cc2c(Br)c(CC)nn2C)CC1. The predicted molar refractivity (Wildman–Crippen MR) is 92.4 cm³/mol. The Kier molecular flexibility index (Phi) is 5.89. The molecule has 21 heavy (non-hydrogen) atoms. The van der Waals surface area contributed by atoms with Crippen molar-refractivity contribution < 1.29 is 0 Å². The standard InChI is InChI=1S/C17H30BrN3/c1-4-7-13-8-6-10-17(19,11-9-13)12-15-16(18)14(5-2)20-21(15)3/h13H,4-12,19H2,1-3H3. The first kappa shape index (κ1) is 17.0. The number of rotatable bonds is 5. The van der Waals surface area contributed by atoms with E-state index in [0.29, 0.717) is 0 Å². The van der Waals surface area contributed by atoms with Gasteiger partial charge in [0.25, 0.3) is 0 Å². The van der Waals surface area contributed by atoms with Gasteiger partial charge < -0.3 is 5.73 Å². The minimum Gasteiger partial charge on any atom is -0.325 e. The van der Waals surface area contributed by atoms with Gasteiger partial charge in [0, 0.05) is 19.0 Å². The Morgan fingerprint density at radius 1 is 1.33 bits per heavy atom. The molecule has 2 unspecified atom stereocenters. The van der Waals surface area contributed by atoms with Crippen molar-refractivity contribution in [1.29, 1.82) is 0 Å². The molecule has 1 aliphatic carbocycles. The quantitative estimate of drug-likeness (QED) is 0.797. The molecular formula is C17H30BrN3. The second kappa shape index (κ2) is 7.28. The number of nitrogens with zero attached hydrogens (tertiary/aromatic N) is 2. The molecule has 2 rings (SSSR count). The molecule has 0 aliphatic heterocycles. The van der Waals surface area contributed by atoms with Crippen molar-refractivity contribution in [2.45, 2.75) is 77.2 Å². The molecule has 1 fully saturated rings. The van der Waals surface area contributed by atoms with Crippen LogP contribution in [0.1, 0.15) is 70.2 Å². The fraction of sp³-hybridized carbons (Fsp3) is 0.824. The number of halogens is 1. The molecule has 1 aliphatic rings. The summed E-state index contributed by atoms with van der Waals surface area (Å²) in [5, 5.41) is 4.61. The maximum absolute atomic E-state index is 6.78. The van der Waals surface area contributed by atoms with E-state index in [4.69, 9.17) is 5.73 Å². The molecule has 2 atom stereocenters. The van der Waals surface area contributed by atoms with Gasteiger partial charge in [-0.1, -0.05) is 39.5 Å². The highest BCUT2D eigenvalue weighted by Crippen LogP contribution is 2.35. The van der Waals surface area contributed by atoms with E-state index in [2.05, 4.69) is 34.9 Å². The molecule has 3 nitrogen and oxygen atoms in total. The van der Waals surface area contributed by atoms with Crippen LogP contribution in [0.15, 0.2) is 4.47 Å². The van der Waals surface area contributed by atoms with E-state index in [1.807, 2.05) is 11.7 Å². The normalized spacial score (nSPS) is 26.8. The van der Waals surface area contributed by atoms with Crippen LogP contribution in [0.3, 0.4) is 0 Å². The van der Waals surface area contributed by atoms with Crippen molar-refractivity contribution in [1.82, 2.24) is 9.78 Å². The van der Waals surface area contributed by atoms with Crippen LogP contribution in [-0.2, 0) is 19.9 Å². The summed E-state index contributed by atoms with van der Waals surface area (Å²) in [7, 11) is 2.04. The molecule has 0 bridgehead atoms. The molecule has 4 heteroatoms. The first-order chi connectivity index (χ1) is 9.99. The first-order valence-electron chi connectivity index (χ1n) is 8.48. The summed E-state index contributed by atoms with van der Waals surface area (Å²) in [5.74, 6) is 0.890. The molecule has 0 aromatic carbocycles. The van der Waals surface area contributed by atoms with Crippen LogP contribution in [0.5, 0.6) is 0 Å². The van der Waals surface area contributed by atoms with Crippen molar-refractivity contribution in [2.24, 2.45) is 18.7 Å². The molecular weight excluding hydrogens is 326 g/mol. The molecule has 1 aromatic heterocycles. The Morgan fingerprint density at radius 2 is 2.10 bits per heavy atom. The van der Waals surface area contributed by atoms with E-state index < -0.39 is 0 Å². The molecule has 120 valence electrons. The van der Waals surface area contributed by atoms with Crippen LogP contribution < -0.4 is 5.73 Å². The predicted octanol–water partition coefficient (Wildman–Crippen LogP) is 4.37. The van der Waals surface area contributed by atoms with Crippen LogP contribution in [0.25, 0.3) is 0 Å². The van der Waals surface area contributed by atoms with Gasteiger partial charge in [-0.3, -0.25) is 4.68 Å². The number of nitrogens with two attached hydrogens (primary N) is 1. The van der Waals surface area contributed by atoms with E-state index in [-0.39, 0.29) is 5.54 Å². The summed E-state index contributed by atoms with van der Waals surface area (Å²) in [6.45, 7) is 4.44. The summed E-state index contributed by atoms with van der Waals surface area (Å²) in [4.78, 5) is 0. The van der Waals surface area contributed by atoms with Gasteiger partial charge in [-0.25, -0.2) is 0 Å². The summed E-state index contributed by atoms with van der Waals surface area (Å²) in [6.07, 6.45) is 10.8. The Bertz CT molecular complexity index is 469. The van der Waals surface area contributed by atoms with Crippen molar-refractivity contribution >= 4 is 15.9 Å². The Hall–Kier alpha value is -0.350. The van der Waals surface area contributed by atoms with Crippen LogP contribution >= 0.6 is 15.9 Å². The van der Waals surface area contributed by atoms with Gasteiger partial charge in [0.2, 0.25) is 0 Å². The van der Waals surface area contributed by atoms with Gasteiger partial charge in [0.05, 0.1) is 15.9 Å². The first-order valence-corrected chi connectivity index (χ1v) is 9.27. The van der Waals surface area contributed by atoms with Crippen LogP contribution in [0, 0.1) is 5.92 Å². The van der Waals surface area contributed by atoms with Crippen molar-refractivity contribution in [3.05, 3.63) is 15.9 Å². The van der Waals surface area contributed by atoms with Crippen LogP contribution in [0.4, 0.5) is 0 Å². The number of hydrogen-bond donors (Lipinski definition) is 1. The monoisotopic (exact) mass is 355 g/mol. The summed E-state index contributed by atoms with van der Waals surface area (Å²) in [6, 6.07) is 0. The smallest absolute Gasteiger partial charge is 0.0766 e. The zero-order valence-corrected chi connectivity index (χ0v) is 15.4. The Balaban J connectivity index is 2.09. The molecule has 0 amide bonds. The molecule has 2 N–H and O–H groups in total. The van der Waals surface area contributed by atoms with Crippen LogP contribution in [-0.4, -0.2) is 15.3 Å². The van der Waals surface area contributed by atoms with Gasteiger partial charge in [-0.05, 0) is 47.5 Å². The van der Waals surface area contributed by atoms with E-state index in [1.165, 1.54) is 42.3 Å². The highest BCUT2D eigenvalue weighted by atomic mass is 79.9. The summed E-state index contributed by atoms with van der Waals surface area (Å²) >= 11 is 3.73. The average Bonchev–Trinajstić information content (AvgIpc) is 2.62. The highest BCUT2D eigenvalue weighted by molar-refractivity contribution is 9.10. The maximum atomic E-state index is 6.78. The lowest BCUT2D eigenvalue weighted by Gasteiger charge is -2.28. The summed E-state index contributed by atoms with van der Waals surface area (Å²) in [5.41, 5.74) is 9.14. The number of hydrogen-bond acceptors (Lipinski definition) is 2. The number of aromatic nitrogens is 2. The lowest BCUT2D eigenvalue weighted by molar-refractivity contribution is 0.348. The Labute approximate surface area is 137 Å². The summed E-state index contributed by atoms with van der Waals surface area (Å²) < 4.78 is 3.19. The van der Waals surface area contributed by atoms with Gasteiger partial charge >= 0.3 is 0 Å². The zero-order valence-electron chi connectivity index (χ0n) is 13.8. The fourth-order valence-electron chi connectivity index (χ4n) is 3.72. The van der Waals surface area contributed by atoms with Gasteiger partial charge in [-0.15, -0.1) is 0 Å². The van der Waals surface area contributed by atoms with Gasteiger partial charge in [0.1, 0.15) is 0 Å². The van der Waals surface area contributed by atoms with E-state index in [0.717, 1.165) is 37.3 Å². The third kappa shape index (κ3) is 4.10. The van der Waals surface area contributed by atoms with Crippen molar-refractivity contribution in [3.63, 3.8) is 0 Å². The molecule has 0 spiro atoms. The third-order valence-electron chi connectivity index (χ3n) is 5.06. The van der Waals surface area contributed by atoms with Gasteiger partial charge in [-0.2, -0.15) is 5.10 Å². The lowest BCUT2D eigenvalue weighted by Crippen LogP contribution is -2.42. The van der Waals surface area contributed by atoms with Crippen molar-refractivity contribution in [2.75, 3.05) is 0 Å². The lowest BCUT2D eigenvalue weighted by atomic mass is 9.85. The molecule has 0 saturated heterocycles. The van der Waals surface area contributed by atoms with E-state index in [9.17, 15) is 0 Å². The largest absolute Gasteiger partial charge is 0.325 e. The Morgan fingerprint density at radius 3 is 2.71 bits per heavy atom. The molecule has 0 radical (unpaired) electrons. The van der Waals surface area contributed by atoms with Gasteiger partial charge in [0.15, 0.2) is 0 Å². The van der Waals surface area contributed by atoms with Crippen molar-refractivity contribution in [3.8, 4) is 0 Å². The van der Waals surface area contributed by atoms with Crippen LogP contribution in [0.2, 0.25) is 0 Å². The second-order valence-corrected chi connectivity index (χ2v) is 7.60. The maximum Gasteiger partial charge on any atom is 0.0766 e. The zero-order chi connectivity index (χ0) is 15.5.